The van der Waals surface area contributed by atoms with Crippen LogP contribution in [-0.4, -0.2) is 32.6 Å². The van der Waals surface area contributed by atoms with E-state index in [-0.39, 0.29) is 5.56 Å². The summed E-state index contributed by atoms with van der Waals surface area (Å²) in [6, 6.07) is 1.73. The fourth-order valence-corrected chi connectivity index (χ4v) is 3.32. The Morgan fingerprint density at radius 3 is 2.42 bits per heavy atom. The molecule has 126 valence electrons. The molecule has 0 bridgehead atoms. The summed E-state index contributed by atoms with van der Waals surface area (Å²) in [6.45, 7) is 4.64. The summed E-state index contributed by atoms with van der Waals surface area (Å²) in [7, 11) is 0. The van der Waals surface area contributed by atoms with Crippen molar-refractivity contribution >= 4 is 5.95 Å². The minimum Gasteiger partial charge on any atom is -0.341 e. The lowest BCUT2D eigenvalue weighted by molar-refractivity contribution is 0.349. The maximum Gasteiger partial charge on any atom is 0.253 e. The van der Waals surface area contributed by atoms with E-state index in [1.165, 1.54) is 12.8 Å². The second-order valence-corrected chi connectivity index (χ2v) is 7.07. The van der Waals surface area contributed by atoms with Crippen molar-refractivity contribution < 1.29 is 0 Å². The zero-order valence-electron chi connectivity index (χ0n) is 14.1. The topological polar surface area (TPSA) is 63.9 Å². The zero-order valence-corrected chi connectivity index (χ0v) is 14.1. The molecule has 2 aromatic heterocycles. The molecule has 24 heavy (non-hydrogen) atoms. The molecule has 1 saturated heterocycles. The molecular formula is C18H23N5O. The predicted octanol–water partition coefficient (Wildman–Crippen LogP) is 2.14. The molecule has 0 radical (unpaired) electrons. The van der Waals surface area contributed by atoms with E-state index in [9.17, 15) is 4.79 Å². The predicted molar refractivity (Wildman–Crippen MR) is 92.2 cm³/mol. The van der Waals surface area contributed by atoms with Gasteiger partial charge in [0.05, 0.1) is 12.0 Å². The Labute approximate surface area is 141 Å². The molecule has 0 aromatic carbocycles. The molecule has 1 aliphatic carbocycles. The second kappa shape index (κ2) is 6.34. The minimum absolute atomic E-state index is 0.0937. The van der Waals surface area contributed by atoms with E-state index >= 15 is 0 Å². The van der Waals surface area contributed by atoms with Crippen molar-refractivity contribution in [3.8, 4) is 0 Å². The van der Waals surface area contributed by atoms with Crippen LogP contribution in [0.25, 0.3) is 0 Å². The summed E-state index contributed by atoms with van der Waals surface area (Å²) in [5.74, 6) is 1.86. The number of rotatable bonds is 4. The van der Waals surface area contributed by atoms with Crippen LogP contribution in [-0.2, 0) is 6.54 Å². The summed E-state index contributed by atoms with van der Waals surface area (Å²) in [6.07, 6.45) is 9.92. The van der Waals surface area contributed by atoms with Gasteiger partial charge in [-0.1, -0.05) is 0 Å². The lowest BCUT2D eigenvalue weighted by Gasteiger charge is -2.32. The quantitative estimate of drug-likeness (QED) is 0.862. The molecule has 2 fully saturated rings. The van der Waals surface area contributed by atoms with Gasteiger partial charge < -0.3 is 4.90 Å². The van der Waals surface area contributed by atoms with Gasteiger partial charge in [-0.3, -0.25) is 9.36 Å². The number of aromatic nitrogens is 4. The summed E-state index contributed by atoms with van der Waals surface area (Å²) in [5, 5.41) is 0. The fraction of sp³-hybridized carbons (Fsp3) is 0.556. The van der Waals surface area contributed by atoms with E-state index in [1.54, 1.807) is 17.0 Å². The molecule has 1 aliphatic heterocycles. The van der Waals surface area contributed by atoms with Crippen LogP contribution in [0.4, 0.5) is 5.95 Å². The summed E-state index contributed by atoms with van der Waals surface area (Å²) in [4.78, 5) is 27.8. The summed E-state index contributed by atoms with van der Waals surface area (Å²) in [5.41, 5.74) is 2.15. The highest BCUT2D eigenvalue weighted by atomic mass is 16.1. The third-order valence-corrected chi connectivity index (χ3v) is 5.02. The Morgan fingerprint density at radius 1 is 1.08 bits per heavy atom. The Balaban J connectivity index is 1.36. The van der Waals surface area contributed by atoms with E-state index in [4.69, 9.17) is 0 Å². The zero-order chi connectivity index (χ0) is 16.5. The van der Waals surface area contributed by atoms with Gasteiger partial charge in [0.2, 0.25) is 5.95 Å². The normalized spacial score (nSPS) is 18.8. The molecule has 2 aromatic rings. The Hall–Kier alpha value is -2.24. The summed E-state index contributed by atoms with van der Waals surface area (Å²) >= 11 is 0. The van der Waals surface area contributed by atoms with Gasteiger partial charge in [-0.05, 0) is 44.1 Å². The van der Waals surface area contributed by atoms with E-state index in [1.807, 2.05) is 19.3 Å². The average molecular weight is 325 g/mol. The van der Waals surface area contributed by atoms with Crippen LogP contribution in [0.1, 0.15) is 42.9 Å². The third-order valence-electron chi connectivity index (χ3n) is 5.02. The first-order valence-electron chi connectivity index (χ1n) is 8.79. The number of aryl methyl sites for hydroxylation is 1. The highest BCUT2D eigenvalue weighted by molar-refractivity contribution is 5.30. The molecule has 0 atom stereocenters. The minimum atomic E-state index is 0.0937. The molecule has 6 heteroatoms. The van der Waals surface area contributed by atoms with Gasteiger partial charge in [-0.25, -0.2) is 15.0 Å². The van der Waals surface area contributed by atoms with Crippen molar-refractivity contribution in [2.45, 2.75) is 45.1 Å². The van der Waals surface area contributed by atoms with Gasteiger partial charge in [0.1, 0.15) is 0 Å². The highest BCUT2D eigenvalue weighted by Crippen LogP contribution is 2.38. The SMILES string of the molecule is Cc1cnc(N2CCC(Cn3cnc(C4CC4)cc3=O)CC2)nc1. The van der Waals surface area contributed by atoms with Crippen LogP contribution in [0.3, 0.4) is 0 Å². The molecule has 4 rings (SSSR count). The van der Waals surface area contributed by atoms with Crippen LogP contribution < -0.4 is 10.5 Å². The van der Waals surface area contributed by atoms with E-state index in [2.05, 4.69) is 19.9 Å². The van der Waals surface area contributed by atoms with Crippen molar-refractivity contribution in [2.75, 3.05) is 18.0 Å². The van der Waals surface area contributed by atoms with Crippen molar-refractivity contribution in [3.05, 3.63) is 46.4 Å². The lowest BCUT2D eigenvalue weighted by Crippen LogP contribution is -2.37. The lowest BCUT2D eigenvalue weighted by atomic mass is 9.97. The Bertz CT molecular complexity index is 758. The first kappa shape index (κ1) is 15.3. The van der Waals surface area contributed by atoms with Gasteiger partial charge >= 0.3 is 0 Å². The maximum absolute atomic E-state index is 12.3. The van der Waals surface area contributed by atoms with E-state index in [0.717, 1.165) is 49.7 Å². The molecule has 2 aliphatic rings. The highest BCUT2D eigenvalue weighted by Gasteiger charge is 2.26. The third kappa shape index (κ3) is 3.32. The molecule has 0 unspecified atom stereocenters. The average Bonchev–Trinajstić information content (AvgIpc) is 3.43. The second-order valence-electron chi connectivity index (χ2n) is 7.07. The molecular weight excluding hydrogens is 302 g/mol. The van der Waals surface area contributed by atoms with Gasteiger partial charge in [-0.15, -0.1) is 0 Å². The van der Waals surface area contributed by atoms with Crippen LogP contribution in [0.15, 0.2) is 29.6 Å². The van der Waals surface area contributed by atoms with Gasteiger partial charge in [-0.2, -0.15) is 0 Å². The maximum atomic E-state index is 12.3. The molecule has 0 N–H and O–H groups in total. The molecule has 3 heterocycles. The van der Waals surface area contributed by atoms with Crippen molar-refractivity contribution in [3.63, 3.8) is 0 Å². The molecule has 6 nitrogen and oxygen atoms in total. The van der Waals surface area contributed by atoms with Gasteiger partial charge in [0, 0.05) is 44.0 Å². The molecule has 1 saturated carbocycles. The van der Waals surface area contributed by atoms with Crippen LogP contribution in [0.5, 0.6) is 0 Å². The van der Waals surface area contributed by atoms with Crippen LogP contribution in [0.2, 0.25) is 0 Å². The number of nitrogens with zero attached hydrogens (tertiary/aromatic N) is 5. The van der Waals surface area contributed by atoms with E-state index in [0.29, 0.717) is 11.8 Å². The molecule has 0 spiro atoms. The van der Waals surface area contributed by atoms with Crippen molar-refractivity contribution in [1.82, 2.24) is 19.5 Å². The smallest absolute Gasteiger partial charge is 0.253 e. The largest absolute Gasteiger partial charge is 0.341 e. The Morgan fingerprint density at radius 2 is 1.79 bits per heavy atom. The number of piperidine rings is 1. The van der Waals surface area contributed by atoms with Crippen molar-refractivity contribution in [2.24, 2.45) is 5.92 Å². The van der Waals surface area contributed by atoms with Gasteiger partial charge in [0.25, 0.3) is 5.56 Å². The number of hydrogen-bond acceptors (Lipinski definition) is 5. The molecule has 0 amide bonds. The van der Waals surface area contributed by atoms with Crippen molar-refractivity contribution in [1.29, 1.82) is 0 Å². The van der Waals surface area contributed by atoms with Crippen LogP contribution >= 0.6 is 0 Å². The van der Waals surface area contributed by atoms with Crippen LogP contribution in [0, 0.1) is 12.8 Å². The first-order valence-corrected chi connectivity index (χ1v) is 8.79. The standard InChI is InChI=1S/C18H23N5O/c1-13-9-19-18(20-10-13)22-6-4-14(5-7-22)11-23-12-21-16(8-17(23)24)15-2-3-15/h8-10,12,14-15H,2-7,11H2,1H3. The van der Waals surface area contributed by atoms with Gasteiger partial charge in [0.15, 0.2) is 0 Å². The fourth-order valence-electron chi connectivity index (χ4n) is 3.32. The first-order chi connectivity index (χ1) is 11.7. The van der Waals surface area contributed by atoms with E-state index < -0.39 is 0 Å². The Kier molecular flexibility index (Phi) is 4.04. The number of hydrogen-bond donors (Lipinski definition) is 0. The summed E-state index contributed by atoms with van der Waals surface area (Å²) < 4.78 is 1.77. The monoisotopic (exact) mass is 325 g/mol. The number of anilines is 1.